The van der Waals surface area contributed by atoms with Gasteiger partial charge in [-0.25, -0.2) is 23.0 Å². The zero-order valence-corrected chi connectivity index (χ0v) is 17.2. The Bertz CT molecular complexity index is 1080. The summed E-state index contributed by atoms with van der Waals surface area (Å²) in [6, 6.07) is 3.14. The molecule has 0 amide bonds. The first-order valence-electron chi connectivity index (χ1n) is 8.96. The van der Waals surface area contributed by atoms with Gasteiger partial charge in [0.15, 0.2) is 0 Å². The largest absolute Gasteiger partial charge is 0.479 e. The van der Waals surface area contributed by atoms with E-state index in [0.717, 1.165) is 12.1 Å². The van der Waals surface area contributed by atoms with Crippen molar-refractivity contribution in [2.75, 3.05) is 32.1 Å². The molecule has 1 aromatic heterocycles. The second kappa shape index (κ2) is 7.11. The number of aliphatic imine (C=N–C) groups is 1. The summed E-state index contributed by atoms with van der Waals surface area (Å²) in [5.74, 6) is -2.42. The third-order valence-electron chi connectivity index (χ3n) is 5.35. The van der Waals surface area contributed by atoms with E-state index in [-0.39, 0.29) is 42.1 Å². The second-order valence-electron chi connectivity index (χ2n) is 7.09. The predicted octanol–water partition coefficient (Wildman–Crippen LogP) is 1.22. The number of nitrogens with zero attached hydrogens (tertiary/aromatic N) is 5. The highest BCUT2D eigenvalue weighted by Gasteiger charge is 2.56. The second-order valence-corrected chi connectivity index (χ2v) is 8.76. The maximum absolute atomic E-state index is 14.8. The molecule has 2 N–H and O–H groups in total. The molecule has 3 atom stereocenters. The molecule has 0 aliphatic carbocycles. The number of guanidine groups is 1. The Morgan fingerprint density at radius 3 is 2.70 bits per heavy atom. The van der Waals surface area contributed by atoms with Gasteiger partial charge in [-0.2, -0.15) is 9.37 Å². The molecule has 0 spiro atoms. The summed E-state index contributed by atoms with van der Waals surface area (Å²) < 4.78 is 61.8. The molecule has 30 heavy (non-hydrogen) atoms. The van der Waals surface area contributed by atoms with Crippen LogP contribution in [0, 0.1) is 24.4 Å². The molecule has 2 aromatic rings. The molecule has 1 fully saturated rings. The molecule has 0 radical (unpaired) electrons. The van der Waals surface area contributed by atoms with E-state index in [2.05, 4.69) is 15.0 Å². The van der Waals surface area contributed by atoms with Crippen LogP contribution in [0.4, 0.5) is 19.1 Å². The Morgan fingerprint density at radius 2 is 2.03 bits per heavy atom. The number of aromatic nitrogens is 2. The van der Waals surface area contributed by atoms with Crippen LogP contribution < -0.4 is 15.4 Å². The average Bonchev–Trinajstić information content (AvgIpc) is 3.08. The van der Waals surface area contributed by atoms with E-state index in [1.807, 2.05) is 0 Å². The van der Waals surface area contributed by atoms with Crippen LogP contribution >= 0.6 is 0 Å². The van der Waals surface area contributed by atoms with E-state index in [4.69, 9.17) is 10.5 Å². The zero-order valence-electron chi connectivity index (χ0n) is 16.4. The molecule has 2 aliphatic rings. The minimum atomic E-state index is -1.67. The quantitative estimate of drug-likeness (QED) is 0.771. The number of hydrogen-bond donors (Lipinski definition) is 1. The fourth-order valence-corrected chi connectivity index (χ4v) is 5.31. The van der Waals surface area contributed by atoms with Gasteiger partial charge in [-0.05, 0) is 13.0 Å². The van der Waals surface area contributed by atoms with Crippen LogP contribution in [-0.2, 0) is 16.5 Å². The van der Waals surface area contributed by atoms with Crippen molar-refractivity contribution in [3.05, 3.63) is 46.9 Å². The van der Waals surface area contributed by atoms with Gasteiger partial charge in [0.05, 0.1) is 19.3 Å². The number of benzene rings is 1. The van der Waals surface area contributed by atoms with Crippen molar-refractivity contribution in [1.82, 2.24) is 14.3 Å². The van der Waals surface area contributed by atoms with Gasteiger partial charge in [0, 0.05) is 25.2 Å². The van der Waals surface area contributed by atoms with Gasteiger partial charge in [0.25, 0.3) is 5.88 Å². The van der Waals surface area contributed by atoms with Gasteiger partial charge in [-0.1, -0.05) is 6.07 Å². The van der Waals surface area contributed by atoms with Crippen molar-refractivity contribution >= 4 is 22.9 Å². The SMILES string of the molecule is COc1nc(N2CC3S(=O)N(C)C(N)=N[C@@]3(c3ccc(F)cc3F)C2)nc(C)c1F. The first-order valence-corrected chi connectivity index (χ1v) is 10.1. The summed E-state index contributed by atoms with van der Waals surface area (Å²) in [6.45, 7) is 1.59. The number of halogens is 3. The Labute approximate surface area is 173 Å². The number of rotatable bonds is 3. The van der Waals surface area contributed by atoms with Crippen LogP contribution in [0.2, 0.25) is 0 Å². The van der Waals surface area contributed by atoms with E-state index >= 15 is 0 Å². The number of methoxy groups -OCH3 is 1. The zero-order chi connectivity index (χ0) is 21.8. The molecule has 1 saturated heterocycles. The molecule has 2 unspecified atom stereocenters. The number of ether oxygens (including phenoxy) is 1. The molecule has 1 aromatic carbocycles. The molecule has 12 heteroatoms. The number of aryl methyl sites for hydroxylation is 1. The van der Waals surface area contributed by atoms with Crippen molar-refractivity contribution in [3.63, 3.8) is 0 Å². The Kier molecular flexibility index (Phi) is 4.83. The molecule has 160 valence electrons. The van der Waals surface area contributed by atoms with Gasteiger partial charge in [0.2, 0.25) is 17.7 Å². The van der Waals surface area contributed by atoms with Crippen LogP contribution in [0.1, 0.15) is 11.3 Å². The lowest BCUT2D eigenvalue weighted by Crippen LogP contribution is -2.54. The van der Waals surface area contributed by atoms with Crippen molar-refractivity contribution < 1.29 is 22.1 Å². The molecule has 2 aliphatic heterocycles. The van der Waals surface area contributed by atoms with Gasteiger partial charge < -0.3 is 15.4 Å². The highest BCUT2D eigenvalue weighted by molar-refractivity contribution is 7.84. The fraction of sp³-hybridized carbons (Fsp3) is 0.389. The fourth-order valence-electron chi connectivity index (χ4n) is 3.81. The van der Waals surface area contributed by atoms with Crippen molar-refractivity contribution in [2.24, 2.45) is 10.7 Å². The van der Waals surface area contributed by atoms with Crippen LogP contribution in [0.3, 0.4) is 0 Å². The van der Waals surface area contributed by atoms with Crippen LogP contribution in [0.15, 0.2) is 23.2 Å². The average molecular weight is 440 g/mol. The number of anilines is 1. The van der Waals surface area contributed by atoms with Crippen LogP contribution in [0.5, 0.6) is 5.88 Å². The lowest BCUT2D eigenvalue weighted by Gasteiger charge is -2.38. The molecule has 3 heterocycles. The monoisotopic (exact) mass is 440 g/mol. The minimum absolute atomic E-state index is 0.00866. The van der Waals surface area contributed by atoms with E-state index in [0.29, 0.717) is 0 Å². The smallest absolute Gasteiger partial charge is 0.255 e. The number of nitrogens with two attached hydrogens (primary N) is 1. The normalized spacial score (nSPS) is 25.9. The van der Waals surface area contributed by atoms with E-state index in [1.54, 1.807) is 4.90 Å². The molecular weight excluding hydrogens is 421 g/mol. The molecule has 8 nitrogen and oxygen atoms in total. The molecule has 0 saturated carbocycles. The molecule has 4 rings (SSSR count). The summed E-state index contributed by atoms with van der Waals surface area (Å²) >= 11 is 0. The molecular formula is C18H19F3N6O2S. The van der Waals surface area contributed by atoms with Crippen molar-refractivity contribution in [1.29, 1.82) is 0 Å². The van der Waals surface area contributed by atoms with E-state index in [1.165, 1.54) is 31.5 Å². The van der Waals surface area contributed by atoms with Gasteiger partial charge in [-0.15, -0.1) is 0 Å². The Morgan fingerprint density at radius 1 is 1.30 bits per heavy atom. The van der Waals surface area contributed by atoms with Crippen molar-refractivity contribution in [2.45, 2.75) is 17.7 Å². The lowest BCUT2D eigenvalue weighted by atomic mass is 9.88. The summed E-state index contributed by atoms with van der Waals surface area (Å²) in [6.07, 6.45) is 0. The number of hydrogen-bond acceptors (Lipinski definition) is 7. The third-order valence-corrected chi connectivity index (χ3v) is 7.10. The van der Waals surface area contributed by atoms with Gasteiger partial charge in [0.1, 0.15) is 33.4 Å². The van der Waals surface area contributed by atoms with Gasteiger partial charge >= 0.3 is 0 Å². The van der Waals surface area contributed by atoms with Crippen LogP contribution in [-0.4, -0.2) is 56.9 Å². The third kappa shape index (κ3) is 2.97. The van der Waals surface area contributed by atoms with Crippen LogP contribution in [0.25, 0.3) is 0 Å². The maximum atomic E-state index is 14.8. The van der Waals surface area contributed by atoms with E-state index < -0.39 is 39.2 Å². The predicted molar refractivity (Wildman–Crippen MR) is 105 cm³/mol. The highest BCUT2D eigenvalue weighted by Crippen LogP contribution is 2.44. The summed E-state index contributed by atoms with van der Waals surface area (Å²) in [4.78, 5) is 14.4. The first-order chi connectivity index (χ1) is 14.2. The minimum Gasteiger partial charge on any atom is -0.479 e. The summed E-state index contributed by atoms with van der Waals surface area (Å²) in [7, 11) is 1.13. The maximum Gasteiger partial charge on any atom is 0.255 e. The first kappa shape index (κ1) is 20.4. The Balaban J connectivity index is 1.87. The summed E-state index contributed by atoms with van der Waals surface area (Å²) in [5, 5.41) is -0.727. The highest BCUT2D eigenvalue weighted by atomic mass is 32.2. The number of fused-ring (bicyclic) bond motifs is 1. The Hall–Kier alpha value is -2.89. The van der Waals surface area contributed by atoms with Crippen molar-refractivity contribution in [3.8, 4) is 5.88 Å². The summed E-state index contributed by atoms with van der Waals surface area (Å²) in [5.41, 5.74) is 4.73. The topological polar surface area (TPSA) is 96.9 Å². The lowest BCUT2D eigenvalue weighted by molar-refractivity contribution is 0.365. The van der Waals surface area contributed by atoms with E-state index in [9.17, 15) is 17.4 Å². The molecule has 0 bridgehead atoms. The van der Waals surface area contributed by atoms with Gasteiger partial charge in [-0.3, -0.25) is 4.31 Å². The standard InChI is InChI=1S/C18H19F3N6O2S/c1-9-14(21)15(29-3)24-17(23-9)27-7-13-18(8-27,25-16(22)26(2)30(13)28)11-5-4-10(19)6-12(11)20/h4-6,13H,7-8H2,1-3H3,(H2,22,25)/t13?,18-,30?/m1/s1.